The second-order valence-corrected chi connectivity index (χ2v) is 5.99. The maximum atomic E-state index is 12.1. The molecule has 4 nitrogen and oxygen atoms in total. The van der Waals surface area contributed by atoms with E-state index in [1.807, 2.05) is 6.07 Å². The number of nitrogens with zero attached hydrogens (tertiary/aromatic N) is 3. The third kappa shape index (κ3) is 2.78. The summed E-state index contributed by atoms with van der Waals surface area (Å²) in [5.41, 5.74) is 0.881. The molecule has 1 aliphatic rings. The molecule has 1 fully saturated rings. The van der Waals surface area contributed by atoms with Crippen molar-refractivity contribution in [2.45, 2.75) is 19.9 Å². The van der Waals surface area contributed by atoms with Gasteiger partial charge in [-0.15, -0.1) is 0 Å². The molecule has 5 heteroatoms. The summed E-state index contributed by atoms with van der Waals surface area (Å²) in [4.78, 5) is 16.8. The second kappa shape index (κ2) is 5.45. The van der Waals surface area contributed by atoms with Gasteiger partial charge in [-0.3, -0.25) is 9.69 Å². The average molecular weight is 314 g/mol. The highest BCUT2D eigenvalue weighted by atomic mass is 79.9. The standard InChI is InChI=1S/C13H20BrN3O/c1-10(2)16-4-6-17(7-5-16)12-8-11(14)9-15(3)13(12)18/h8-10H,4-7H2,1-3H3. The molecule has 0 bridgehead atoms. The lowest BCUT2D eigenvalue weighted by molar-refractivity contribution is 0.209. The van der Waals surface area contributed by atoms with Crippen molar-refractivity contribution in [3.05, 3.63) is 27.1 Å². The number of anilines is 1. The number of pyridine rings is 1. The number of rotatable bonds is 2. The normalized spacial score (nSPS) is 17.5. The molecule has 1 saturated heterocycles. The molecule has 100 valence electrons. The number of piperazine rings is 1. The Kier molecular flexibility index (Phi) is 4.12. The van der Waals surface area contributed by atoms with Crippen molar-refractivity contribution in [2.75, 3.05) is 31.1 Å². The first-order valence-electron chi connectivity index (χ1n) is 6.34. The summed E-state index contributed by atoms with van der Waals surface area (Å²) in [6.07, 6.45) is 1.80. The molecule has 0 aromatic carbocycles. The van der Waals surface area contributed by atoms with Gasteiger partial charge < -0.3 is 9.47 Å². The highest BCUT2D eigenvalue weighted by molar-refractivity contribution is 9.10. The van der Waals surface area contributed by atoms with Crippen LogP contribution in [0.1, 0.15) is 13.8 Å². The van der Waals surface area contributed by atoms with Gasteiger partial charge in [-0.05, 0) is 35.8 Å². The number of halogens is 1. The molecular formula is C13H20BrN3O. The van der Waals surface area contributed by atoms with Gasteiger partial charge in [0, 0.05) is 49.9 Å². The molecule has 0 amide bonds. The molecule has 2 heterocycles. The molecule has 0 radical (unpaired) electrons. The van der Waals surface area contributed by atoms with Crippen LogP contribution in [0.3, 0.4) is 0 Å². The zero-order chi connectivity index (χ0) is 13.3. The van der Waals surface area contributed by atoms with Gasteiger partial charge in [0.05, 0.1) is 0 Å². The van der Waals surface area contributed by atoms with Gasteiger partial charge in [-0.25, -0.2) is 0 Å². The molecule has 1 aromatic heterocycles. The second-order valence-electron chi connectivity index (χ2n) is 5.08. The SMILES string of the molecule is CC(C)N1CCN(c2cc(Br)cn(C)c2=O)CC1. The minimum absolute atomic E-state index is 0.0798. The van der Waals surface area contributed by atoms with Crippen molar-refractivity contribution in [1.29, 1.82) is 0 Å². The predicted molar refractivity (Wildman–Crippen MR) is 78.3 cm³/mol. The Morgan fingerprint density at radius 3 is 2.39 bits per heavy atom. The summed E-state index contributed by atoms with van der Waals surface area (Å²) in [7, 11) is 1.79. The van der Waals surface area contributed by atoms with Crippen LogP contribution in [0.2, 0.25) is 0 Å². The quantitative estimate of drug-likeness (QED) is 0.831. The maximum Gasteiger partial charge on any atom is 0.273 e. The predicted octanol–water partition coefficient (Wildman–Crippen LogP) is 1.68. The van der Waals surface area contributed by atoms with Gasteiger partial charge in [0.15, 0.2) is 0 Å². The lowest BCUT2D eigenvalue weighted by Gasteiger charge is -2.37. The van der Waals surface area contributed by atoms with E-state index >= 15 is 0 Å². The van der Waals surface area contributed by atoms with Crippen molar-refractivity contribution in [3.63, 3.8) is 0 Å². The molecule has 0 N–H and O–H groups in total. The molecule has 0 aliphatic carbocycles. The lowest BCUT2D eigenvalue weighted by atomic mass is 10.2. The molecular weight excluding hydrogens is 294 g/mol. The van der Waals surface area contributed by atoms with E-state index in [-0.39, 0.29) is 5.56 Å². The van der Waals surface area contributed by atoms with Crippen molar-refractivity contribution < 1.29 is 0 Å². The first kappa shape index (κ1) is 13.6. The van der Waals surface area contributed by atoms with Crippen molar-refractivity contribution in [3.8, 4) is 0 Å². The van der Waals surface area contributed by atoms with Gasteiger partial charge >= 0.3 is 0 Å². The first-order chi connectivity index (χ1) is 8.49. The number of hydrogen-bond acceptors (Lipinski definition) is 3. The van der Waals surface area contributed by atoms with E-state index in [1.165, 1.54) is 0 Å². The van der Waals surface area contributed by atoms with E-state index < -0.39 is 0 Å². The summed E-state index contributed by atoms with van der Waals surface area (Å²) in [6.45, 7) is 8.32. The summed E-state index contributed by atoms with van der Waals surface area (Å²) in [6, 6.07) is 2.50. The Morgan fingerprint density at radius 2 is 1.83 bits per heavy atom. The number of aryl methyl sites for hydroxylation is 1. The van der Waals surface area contributed by atoms with Gasteiger partial charge in [-0.1, -0.05) is 0 Å². The fourth-order valence-electron chi connectivity index (χ4n) is 2.36. The minimum atomic E-state index is 0.0798. The smallest absolute Gasteiger partial charge is 0.273 e. The fraction of sp³-hybridized carbons (Fsp3) is 0.615. The van der Waals surface area contributed by atoms with Crippen LogP contribution < -0.4 is 10.5 Å². The first-order valence-corrected chi connectivity index (χ1v) is 7.13. The molecule has 0 spiro atoms. The Labute approximate surface area is 116 Å². The highest BCUT2D eigenvalue weighted by Crippen LogP contribution is 2.17. The molecule has 2 rings (SSSR count). The highest BCUT2D eigenvalue weighted by Gasteiger charge is 2.21. The Bertz CT molecular complexity index is 476. The van der Waals surface area contributed by atoms with Crippen LogP contribution in [-0.4, -0.2) is 41.7 Å². The van der Waals surface area contributed by atoms with Crippen molar-refractivity contribution in [1.82, 2.24) is 9.47 Å². The zero-order valence-corrected chi connectivity index (χ0v) is 12.8. The molecule has 18 heavy (non-hydrogen) atoms. The van der Waals surface area contributed by atoms with E-state index in [1.54, 1.807) is 17.8 Å². The molecule has 0 atom stereocenters. The summed E-state index contributed by atoms with van der Waals surface area (Å²) < 4.78 is 2.58. The van der Waals surface area contributed by atoms with Crippen LogP contribution in [0.25, 0.3) is 0 Å². The van der Waals surface area contributed by atoms with Gasteiger partial charge in [-0.2, -0.15) is 0 Å². The van der Waals surface area contributed by atoms with Gasteiger partial charge in [0.2, 0.25) is 0 Å². The van der Waals surface area contributed by atoms with Crippen LogP contribution >= 0.6 is 15.9 Å². The molecule has 0 saturated carbocycles. The monoisotopic (exact) mass is 313 g/mol. The summed E-state index contributed by atoms with van der Waals surface area (Å²) in [5, 5.41) is 0. The van der Waals surface area contributed by atoms with Crippen LogP contribution in [0.15, 0.2) is 21.5 Å². The maximum absolute atomic E-state index is 12.1. The fourth-order valence-corrected chi connectivity index (χ4v) is 2.88. The molecule has 0 unspecified atom stereocenters. The summed E-state index contributed by atoms with van der Waals surface area (Å²) >= 11 is 3.45. The van der Waals surface area contributed by atoms with Crippen molar-refractivity contribution in [2.24, 2.45) is 7.05 Å². The van der Waals surface area contributed by atoms with E-state index in [4.69, 9.17) is 0 Å². The largest absolute Gasteiger partial charge is 0.364 e. The average Bonchev–Trinajstić information content (AvgIpc) is 2.34. The van der Waals surface area contributed by atoms with E-state index in [9.17, 15) is 4.79 Å². The Balaban J connectivity index is 2.17. The number of hydrogen-bond donors (Lipinski definition) is 0. The van der Waals surface area contributed by atoms with Crippen LogP contribution in [0.4, 0.5) is 5.69 Å². The van der Waals surface area contributed by atoms with Crippen LogP contribution in [0, 0.1) is 0 Å². The minimum Gasteiger partial charge on any atom is -0.364 e. The Hall–Kier alpha value is -0.810. The van der Waals surface area contributed by atoms with Crippen molar-refractivity contribution >= 4 is 21.6 Å². The lowest BCUT2D eigenvalue weighted by Crippen LogP contribution is -2.50. The van der Waals surface area contributed by atoms with Gasteiger partial charge in [0.25, 0.3) is 5.56 Å². The summed E-state index contributed by atoms with van der Waals surface area (Å²) in [5.74, 6) is 0. The van der Waals surface area contributed by atoms with E-state index in [0.29, 0.717) is 6.04 Å². The Morgan fingerprint density at radius 1 is 1.22 bits per heavy atom. The molecule has 1 aromatic rings. The number of aromatic nitrogens is 1. The van der Waals surface area contributed by atoms with Gasteiger partial charge in [0.1, 0.15) is 5.69 Å². The third-order valence-electron chi connectivity index (χ3n) is 3.52. The topological polar surface area (TPSA) is 28.5 Å². The zero-order valence-electron chi connectivity index (χ0n) is 11.2. The molecule has 1 aliphatic heterocycles. The van der Waals surface area contributed by atoms with E-state index in [2.05, 4.69) is 39.6 Å². The van der Waals surface area contributed by atoms with Crippen LogP contribution in [0.5, 0.6) is 0 Å². The third-order valence-corrected chi connectivity index (χ3v) is 3.95. The van der Waals surface area contributed by atoms with E-state index in [0.717, 1.165) is 36.3 Å². The van der Waals surface area contributed by atoms with Crippen LogP contribution in [-0.2, 0) is 7.05 Å².